The van der Waals surface area contributed by atoms with Gasteiger partial charge in [-0.2, -0.15) is 0 Å². The van der Waals surface area contributed by atoms with E-state index in [2.05, 4.69) is 36.4 Å². The van der Waals surface area contributed by atoms with Crippen LogP contribution in [0.1, 0.15) is 19.8 Å². The number of ether oxygens (including phenoxy) is 1. The molecule has 0 aromatic carbocycles. The molecule has 0 saturated carbocycles. The Labute approximate surface area is 117 Å². The predicted molar refractivity (Wildman–Crippen MR) is 80.1 cm³/mol. The van der Waals surface area contributed by atoms with Gasteiger partial charge in [0.25, 0.3) is 0 Å². The third-order valence-electron chi connectivity index (χ3n) is 4.37. The summed E-state index contributed by atoms with van der Waals surface area (Å²) in [5.74, 6) is 0. The number of hydrogen-bond acceptors (Lipinski definition) is 3. The molecule has 1 saturated heterocycles. The molecule has 106 valence electrons. The van der Waals surface area contributed by atoms with Gasteiger partial charge in [0.1, 0.15) is 0 Å². The number of hydrogen-bond donors (Lipinski definition) is 0. The van der Waals surface area contributed by atoms with Gasteiger partial charge in [-0.25, -0.2) is 0 Å². The van der Waals surface area contributed by atoms with Crippen LogP contribution in [0.15, 0.2) is 35.6 Å². The Morgan fingerprint density at radius 3 is 2.79 bits per heavy atom. The van der Waals surface area contributed by atoms with Crippen molar-refractivity contribution in [3.63, 3.8) is 0 Å². The summed E-state index contributed by atoms with van der Waals surface area (Å²) in [5.41, 5.74) is 4.34. The Morgan fingerprint density at radius 1 is 1.47 bits per heavy atom. The molecule has 1 fully saturated rings. The van der Waals surface area contributed by atoms with E-state index < -0.39 is 0 Å². The molecule has 2 aliphatic rings. The van der Waals surface area contributed by atoms with Crippen LogP contribution in [0.2, 0.25) is 0 Å². The van der Waals surface area contributed by atoms with Crippen molar-refractivity contribution in [2.24, 2.45) is 0 Å². The van der Waals surface area contributed by atoms with Crippen LogP contribution in [-0.2, 0) is 4.74 Å². The highest BCUT2D eigenvalue weighted by molar-refractivity contribution is 5.40. The first kappa shape index (κ1) is 14.4. The van der Waals surface area contributed by atoms with E-state index in [0.29, 0.717) is 6.10 Å². The molecule has 2 aliphatic heterocycles. The molecule has 0 unspecified atom stereocenters. The van der Waals surface area contributed by atoms with Gasteiger partial charge in [-0.1, -0.05) is 18.7 Å². The molecule has 2 rings (SSSR count). The third kappa shape index (κ3) is 3.28. The van der Waals surface area contributed by atoms with E-state index in [9.17, 15) is 0 Å². The molecule has 0 radical (unpaired) electrons. The second-order valence-electron chi connectivity index (χ2n) is 5.54. The maximum absolute atomic E-state index is 5.45. The van der Waals surface area contributed by atoms with Crippen molar-refractivity contribution in [2.45, 2.75) is 25.9 Å². The summed E-state index contributed by atoms with van der Waals surface area (Å²) in [6, 6.07) is 0. The summed E-state index contributed by atoms with van der Waals surface area (Å²) in [7, 11) is 3.98. The molecule has 3 nitrogen and oxygen atoms in total. The van der Waals surface area contributed by atoms with Crippen molar-refractivity contribution in [3.8, 4) is 0 Å². The lowest BCUT2D eigenvalue weighted by Gasteiger charge is -2.19. The van der Waals surface area contributed by atoms with Crippen LogP contribution >= 0.6 is 0 Å². The van der Waals surface area contributed by atoms with Crippen LogP contribution < -0.4 is 0 Å². The predicted octanol–water partition coefficient (Wildman–Crippen LogP) is 2.43. The Kier molecular flexibility index (Phi) is 4.83. The maximum Gasteiger partial charge on any atom is 0.0710 e. The van der Waals surface area contributed by atoms with Gasteiger partial charge in [0, 0.05) is 46.0 Å². The molecular formula is C16H26N2O. The van der Waals surface area contributed by atoms with Gasteiger partial charge in [0.2, 0.25) is 0 Å². The molecule has 0 spiro atoms. The lowest BCUT2D eigenvalue weighted by atomic mass is 10.0. The van der Waals surface area contributed by atoms with Gasteiger partial charge in [-0.15, -0.1) is 0 Å². The van der Waals surface area contributed by atoms with Gasteiger partial charge in [-0.3, -0.25) is 4.90 Å². The first-order valence-electron chi connectivity index (χ1n) is 7.13. The highest BCUT2D eigenvalue weighted by Crippen LogP contribution is 2.28. The fourth-order valence-electron chi connectivity index (χ4n) is 3.02. The quantitative estimate of drug-likeness (QED) is 0.708. The van der Waals surface area contributed by atoms with Crippen molar-refractivity contribution in [1.82, 2.24) is 9.80 Å². The molecular weight excluding hydrogens is 236 g/mol. The Morgan fingerprint density at radius 2 is 2.26 bits per heavy atom. The lowest BCUT2D eigenvalue weighted by Crippen LogP contribution is -2.25. The minimum atomic E-state index is 0.409. The van der Waals surface area contributed by atoms with Gasteiger partial charge < -0.3 is 9.64 Å². The minimum absolute atomic E-state index is 0.409. The van der Waals surface area contributed by atoms with E-state index in [-0.39, 0.29) is 0 Å². The maximum atomic E-state index is 5.45. The number of rotatable bonds is 5. The van der Waals surface area contributed by atoms with Crippen LogP contribution in [0.25, 0.3) is 0 Å². The van der Waals surface area contributed by atoms with Gasteiger partial charge in [0.05, 0.1) is 6.10 Å². The Balaban J connectivity index is 2.06. The van der Waals surface area contributed by atoms with Gasteiger partial charge >= 0.3 is 0 Å². The summed E-state index contributed by atoms with van der Waals surface area (Å²) >= 11 is 0. The van der Waals surface area contributed by atoms with Crippen molar-refractivity contribution in [1.29, 1.82) is 0 Å². The average Bonchev–Trinajstić information content (AvgIpc) is 2.98. The van der Waals surface area contributed by atoms with Crippen LogP contribution in [0.4, 0.5) is 0 Å². The monoisotopic (exact) mass is 262 g/mol. The highest BCUT2D eigenvalue weighted by Gasteiger charge is 2.25. The van der Waals surface area contributed by atoms with E-state index in [1.807, 2.05) is 13.2 Å². The molecule has 1 atom stereocenters. The summed E-state index contributed by atoms with van der Waals surface area (Å²) < 4.78 is 5.45. The number of allylic oxidation sites excluding steroid dienone is 3. The molecule has 2 heterocycles. The minimum Gasteiger partial charge on any atom is -0.380 e. The molecule has 3 heteroatoms. The zero-order chi connectivity index (χ0) is 13.8. The highest BCUT2D eigenvalue weighted by atomic mass is 16.5. The largest absolute Gasteiger partial charge is 0.380 e. The SMILES string of the molecule is C=C/C=C(/CN1CC[C@H](OC)C1)C1=C(C)N(C)CC1. The smallest absolute Gasteiger partial charge is 0.0710 e. The first-order valence-corrected chi connectivity index (χ1v) is 7.13. The van der Waals surface area contributed by atoms with Crippen molar-refractivity contribution < 1.29 is 4.74 Å². The van der Waals surface area contributed by atoms with E-state index >= 15 is 0 Å². The topological polar surface area (TPSA) is 15.7 Å². The summed E-state index contributed by atoms with van der Waals surface area (Å²) in [6.45, 7) is 10.4. The fourth-order valence-corrected chi connectivity index (χ4v) is 3.02. The van der Waals surface area contributed by atoms with E-state index in [4.69, 9.17) is 4.74 Å². The molecule has 0 aromatic heterocycles. The molecule has 0 amide bonds. The van der Waals surface area contributed by atoms with Gasteiger partial charge in [0.15, 0.2) is 0 Å². The average molecular weight is 262 g/mol. The summed E-state index contributed by atoms with van der Waals surface area (Å²) in [6.07, 6.45) is 6.81. The molecule has 0 bridgehead atoms. The second kappa shape index (κ2) is 6.40. The van der Waals surface area contributed by atoms with E-state index in [1.165, 1.54) is 16.8 Å². The zero-order valence-corrected chi connectivity index (χ0v) is 12.5. The normalized spacial score (nSPS) is 25.5. The summed E-state index contributed by atoms with van der Waals surface area (Å²) in [4.78, 5) is 4.83. The first-order chi connectivity index (χ1) is 9.15. The van der Waals surface area contributed by atoms with Crippen molar-refractivity contribution in [2.75, 3.05) is 40.3 Å². The molecule has 0 aliphatic carbocycles. The molecule has 0 aromatic rings. The molecule has 0 N–H and O–H groups in total. The lowest BCUT2D eigenvalue weighted by molar-refractivity contribution is 0.109. The second-order valence-corrected chi connectivity index (χ2v) is 5.54. The molecule has 19 heavy (non-hydrogen) atoms. The Hall–Kier alpha value is -1.06. The van der Waals surface area contributed by atoms with Crippen molar-refractivity contribution in [3.05, 3.63) is 35.6 Å². The van der Waals surface area contributed by atoms with Gasteiger partial charge in [-0.05, 0) is 30.9 Å². The standard InChI is InChI=1S/C16H26N2O/c1-5-6-14(16-8-9-17(3)13(16)2)11-18-10-7-15(12-18)19-4/h5-6,15H,1,7-12H2,2-4H3/b14-6-/t15-/m0/s1. The number of nitrogens with zero attached hydrogens (tertiary/aromatic N) is 2. The zero-order valence-electron chi connectivity index (χ0n) is 12.5. The van der Waals surface area contributed by atoms with E-state index in [0.717, 1.165) is 39.0 Å². The van der Waals surface area contributed by atoms with Crippen LogP contribution in [-0.4, -0.2) is 56.2 Å². The summed E-state index contributed by atoms with van der Waals surface area (Å²) in [5, 5.41) is 0. The number of likely N-dealkylation sites (tertiary alicyclic amines) is 1. The third-order valence-corrected chi connectivity index (χ3v) is 4.37. The van der Waals surface area contributed by atoms with Crippen LogP contribution in [0.5, 0.6) is 0 Å². The van der Waals surface area contributed by atoms with Crippen LogP contribution in [0.3, 0.4) is 0 Å². The van der Waals surface area contributed by atoms with E-state index in [1.54, 1.807) is 0 Å². The van der Waals surface area contributed by atoms with Crippen molar-refractivity contribution >= 4 is 0 Å². The van der Waals surface area contributed by atoms with Crippen LogP contribution in [0, 0.1) is 0 Å². The Bertz CT molecular complexity index is 398. The number of methoxy groups -OCH3 is 1. The fraction of sp³-hybridized carbons (Fsp3) is 0.625.